The van der Waals surface area contributed by atoms with Crippen molar-refractivity contribution >= 4 is 16.6 Å². The van der Waals surface area contributed by atoms with E-state index >= 15 is 0 Å². The van der Waals surface area contributed by atoms with Gasteiger partial charge in [-0.25, -0.2) is 0 Å². The van der Waals surface area contributed by atoms with E-state index in [0.29, 0.717) is 6.54 Å². The van der Waals surface area contributed by atoms with Crippen LogP contribution in [0.5, 0.6) is 0 Å². The highest BCUT2D eigenvalue weighted by atomic mass is 16.1. The summed E-state index contributed by atoms with van der Waals surface area (Å²) < 4.78 is 2.03. The van der Waals surface area contributed by atoms with Crippen LogP contribution in [0.3, 0.4) is 0 Å². The maximum Gasteiger partial charge on any atom is 0.182 e. The highest BCUT2D eigenvalue weighted by molar-refractivity contribution is 6.02. The molecule has 0 atom stereocenters. The minimum atomic E-state index is 0.128. The van der Waals surface area contributed by atoms with Gasteiger partial charge in [-0.1, -0.05) is 60.7 Å². The van der Waals surface area contributed by atoms with Gasteiger partial charge in [0.25, 0.3) is 0 Å². The Morgan fingerprint density at radius 2 is 1.64 bits per heavy atom. The number of aromatic nitrogens is 1. The number of benzene rings is 2. The van der Waals surface area contributed by atoms with Crippen molar-refractivity contribution in [1.82, 2.24) is 4.57 Å². The van der Waals surface area contributed by atoms with Crippen molar-refractivity contribution in [1.29, 1.82) is 0 Å². The second kappa shape index (κ2) is 5.15. The summed E-state index contributed by atoms with van der Waals surface area (Å²) in [5.41, 5.74) is 3.05. The first-order chi connectivity index (χ1) is 10.8. The van der Waals surface area contributed by atoms with E-state index in [4.69, 9.17) is 0 Å². The van der Waals surface area contributed by atoms with Crippen molar-refractivity contribution in [3.05, 3.63) is 84.6 Å². The molecule has 0 unspecified atom stereocenters. The molecule has 22 heavy (non-hydrogen) atoms. The molecule has 2 nitrogen and oxygen atoms in total. The van der Waals surface area contributed by atoms with E-state index < -0.39 is 0 Å². The number of pyridine rings is 1. The molecule has 2 aromatic rings. The minimum absolute atomic E-state index is 0.128. The van der Waals surface area contributed by atoms with E-state index in [2.05, 4.69) is 24.3 Å². The molecule has 0 amide bonds. The zero-order valence-electron chi connectivity index (χ0n) is 12.1. The number of nitrogens with zero attached hydrogens (tertiary/aromatic N) is 1. The second-order valence-corrected chi connectivity index (χ2v) is 5.46. The van der Waals surface area contributed by atoms with Crippen LogP contribution in [-0.2, 0) is 6.54 Å². The molecule has 2 aliphatic rings. The van der Waals surface area contributed by atoms with Crippen LogP contribution in [0.1, 0.15) is 10.4 Å². The van der Waals surface area contributed by atoms with Crippen LogP contribution in [0.4, 0.5) is 0 Å². The highest BCUT2D eigenvalue weighted by Gasteiger charge is 2.14. The van der Waals surface area contributed by atoms with Crippen molar-refractivity contribution in [2.24, 2.45) is 0 Å². The molecule has 0 saturated heterocycles. The summed E-state index contributed by atoms with van der Waals surface area (Å²) in [6.07, 6.45) is 1.97. The van der Waals surface area contributed by atoms with Gasteiger partial charge in [0.15, 0.2) is 5.78 Å². The Balaban J connectivity index is 1.76. The zero-order valence-corrected chi connectivity index (χ0v) is 12.1. The van der Waals surface area contributed by atoms with Gasteiger partial charge >= 0.3 is 0 Å². The highest BCUT2D eigenvalue weighted by Crippen LogP contribution is 2.33. The zero-order chi connectivity index (χ0) is 14.9. The molecule has 0 spiro atoms. The van der Waals surface area contributed by atoms with Crippen LogP contribution >= 0.6 is 0 Å². The predicted molar refractivity (Wildman–Crippen MR) is 89.3 cm³/mol. The van der Waals surface area contributed by atoms with Crippen LogP contribution in [0.15, 0.2) is 79.0 Å². The molecule has 4 rings (SSSR count). The molecule has 0 N–H and O–H groups in total. The number of ketones is 1. The van der Waals surface area contributed by atoms with Crippen molar-refractivity contribution < 1.29 is 4.79 Å². The molecule has 0 aromatic heterocycles. The van der Waals surface area contributed by atoms with Crippen molar-refractivity contribution in [2.45, 2.75) is 6.54 Å². The van der Waals surface area contributed by atoms with Crippen LogP contribution in [0.2, 0.25) is 0 Å². The van der Waals surface area contributed by atoms with E-state index in [0.717, 1.165) is 11.3 Å². The summed E-state index contributed by atoms with van der Waals surface area (Å²) >= 11 is 0. The van der Waals surface area contributed by atoms with Gasteiger partial charge in [-0.05, 0) is 22.9 Å². The number of rotatable bonds is 3. The van der Waals surface area contributed by atoms with Crippen molar-refractivity contribution in [3.63, 3.8) is 0 Å². The van der Waals surface area contributed by atoms with Crippen molar-refractivity contribution in [2.75, 3.05) is 0 Å². The SMILES string of the molecule is O=C(Cn1cccc2c3ccccc3cc1-2)c1ccccc1. The molecule has 0 bridgehead atoms. The normalized spacial score (nSPS) is 11.1. The lowest BCUT2D eigenvalue weighted by Crippen LogP contribution is -2.11. The number of fused-ring (bicyclic) bond motifs is 3. The van der Waals surface area contributed by atoms with E-state index in [9.17, 15) is 4.79 Å². The maximum atomic E-state index is 12.5. The number of hydrogen-bond donors (Lipinski definition) is 0. The topological polar surface area (TPSA) is 22.0 Å². The number of carbonyl (C=O) groups excluding carboxylic acids is 1. The average Bonchev–Trinajstić information content (AvgIpc) is 2.95. The van der Waals surface area contributed by atoms with Gasteiger partial charge in [0.1, 0.15) is 0 Å². The van der Waals surface area contributed by atoms with E-state index in [-0.39, 0.29) is 5.78 Å². The molecule has 1 aliphatic carbocycles. The number of Topliss-reactive ketones (excluding diaryl/α,β-unsaturated/α-hetero) is 1. The summed E-state index contributed by atoms with van der Waals surface area (Å²) in [7, 11) is 0. The standard InChI is InChI=1S/C20H15NO/c22-20(15-7-2-1-3-8-15)14-21-12-6-11-18-17-10-5-4-9-16(17)13-19(18)21/h1-13H,14H2. The Bertz CT molecular complexity index is 921. The maximum absolute atomic E-state index is 12.5. The van der Waals surface area contributed by atoms with Gasteiger partial charge in [0.05, 0.1) is 6.54 Å². The predicted octanol–water partition coefficient (Wildman–Crippen LogP) is 4.63. The Morgan fingerprint density at radius 3 is 2.50 bits per heavy atom. The van der Waals surface area contributed by atoms with Crippen LogP contribution in [-0.4, -0.2) is 10.4 Å². The second-order valence-electron chi connectivity index (χ2n) is 5.46. The van der Waals surface area contributed by atoms with E-state index in [1.54, 1.807) is 0 Å². The fourth-order valence-corrected chi connectivity index (χ4v) is 2.98. The summed E-state index contributed by atoms with van der Waals surface area (Å²) in [6, 6.07) is 24.1. The first-order valence-corrected chi connectivity index (χ1v) is 7.38. The first-order valence-electron chi connectivity index (χ1n) is 7.38. The number of carbonyl (C=O) groups is 1. The smallest absolute Gasteiger partial charge is 0.182 e. The Labute approximate surface area is 129 Å². The lowest BCUT2D eigenvalue weighted by Gasteiger charge is -2.12. The van der Waals surface area contributed by atoms with Gasteiger partial charge in [-0.15, -0.1) is 0 Å². The molecule has 106 valence electrons. The fourth-order valence-electron chi connectivity index (χ4n) is 2.98. The molecule has 0 radical (unpaired) electrons. The van der Waals surface area contributed by atoms with Gasteiger partial charge in [0.2, 0.25) is 0 Å². The fraction of sp³-hybridized carbons (Fsp3) is 0.0500. The summed E-state index contributed by atoms with van der Waals surface area (Å²) in [5.74, 6) is 0.128. The molecular formula is C20H15NO. The van der Waals surface area contributed by atoms with Gasteiger partial charge in [-0.2, -0.15) is 0 Å². The molecule has 1 aliphatic heterocycles. The molecule has 1 heterocycles. The monoisotopic (exact) mass is 285 g/mol. The van der Waals surface area contributed by atoms with E-state index in [1.807, 2.05) is 59.3 Å². The quantitative estimate of drug-likeness (QED) is 0.503. The van der Waals surface area contributed by atoms with Crippen LogP contribution < -0.4 is 0 Å². The van der Waals surface area contributed by atoms with Crippen molar-refractivity contribution in [3.8, 4) is 11.3 Å². The van der Waals surface area contributed by atoms with Crippen LogP contribution in [0, 0.1) is 0 Å². The van der Waals surface area contributed by atoms with Gasteiger partial charge in [-0.3, -0.25) is 4.79 Å². The molecule has 0 saturated carbocycles. The third-order valence-corrected chi connectivity index (χ3v) is 4.07. The third-order valence-electron chi connectivity index (χ3n) is 4.07. The molecular weight excluding hydrogens is 270 g/mol. The van der Waals surface area contributed by atoms with Gasteiger partial charge in [0, 0.05) is 23.0 Å². The summed E-state index contributed by atoms with van der Waals surface area (Å²) in [4.78, 5) is 12.5. The number of hydrogen-bond acceptors (Lipinski definition) is 1. The lowest BCUT2D eigenvalue weighted by molar-refractivity contribution is 0.0972. The molecule has 2 heteroatoms. The Morgan fingerprint density at radius 1 is 0.864 bits per heavy atom. The Hall–Kier alpha value is -2.87. The largest absolute Gasteiger partial charge is 0.340 e. The Kier molecular flexibility index (Phi) is 3.01. The van der Waals surface area contributed by atoms with Gasteiger partial charge < -0.3 is 4.57 Å². The molecule has 0 fully saturated rings. The first kappa shape index (κ1) is 12.8. The summed E-state index contributed by atoms with van der Waals surface area (Å²) in [6.45, 7) is 0.359. The third kappa shape index (κ3) is 2.09. The average molecular weight is 285 g/mol. The minimum Gasteiger partial charge on any atom is -0.340 e. The van der Waals surface area contributed by atoms with Crippen LogP contribution in [0.25, 0.3) is 22.0 Å². The van der Waals surface area contributed by atoms with E-state index in [1.165, 1.54) is 16.3 Å². The summed E-state index contributed by atoms with van der Waals surface area (Å²) in [5, 5.41) is 2.45. The molecule has 2 aromatic carbocycles. The lowest BCUT2D eigenvalue weighted by atomic mass is 10.1.